The standard InChI is InChI=1S/C10H16N2O3S/c1-12(2)9-3-5-10(6-4-9)16(14,15)11-7-8-13/h3-6,11,13H,7-8H2,1-2H3. The van der Waals surface area contributed by atoms with Gasteiger partial charge in [-0.1, -0.05) is 0 Å². The Morgan fingerprint density at radius 1 is 1.25 bits per heavy atom. The van der Waals surface area contributed by atoms with Crippen LogP contribution in [0.25, 0.3) is 0 Å². The Morgan fingerprint density at radius 3 is 2.25 bits per heavy atom. The van der Waals surface area contributed by atoms with E-state index in [9.17, 15) is 8.42 Å². The van der Waals surface area contributed by atoms with Crippen LogP contribution in [0.15, 0.2) is 29.2 Å². The van der Waals surface area contributed by atoms with Crippen molar-refractivity contribution in [3.05, 3.63) is 24.3 Å². The number of sulfonamides is 1. The van der Waals surface area contributed by atoms with E-state index in [4.69, 9.17) is 5.11 Å². The van der Waals surface area contributed by atoms with Crippen molar-refractivity contribution in [1.82, 2.24) is 4.72 Å². The molecule has 90 valence electrons. The van der Waals surface area contributed by atoms with E-state index in [0.717, 1.165) is 5.69 Å². The zero-order valence-corrected chi connectivity index (χ0v) is 10.2. The summed E-state index contributed by atoms with van der Waals surface area (Å²) in [5.74, 6) is 0. The van der Waals surface area contributed by atoms with Gasteiger partial charge >= 0.3 is 0 Å². The number of nitrogens with zero attached hydrogens (tertiary/aromatic N) is 1. The lowest BCUT2D eigenvalue weighted by Crippen LogP contribution is -2.26. The third-order valence-electron chi connectivity index (χ3n) is 2.07. The zero-order chi connectivity index (χ0) is 12.2. The van der Waals surface area contributed by atoms with Crippen molar-refractivity contribution in [2.45, 2.75) is 4.90 Å². The van der Waals surface area contributed by atoms with Crippen LogP contribution in [0.2, 0.25) is 0 Å². The summed E-state index contributed by atoms with van der Waals surface area (Å²) in [6, 6.07) is 6.53. The highest BCUT2D eigenvalue weighted by Crippen LogP contribution is 2.15. The van der Waals surface area contributed by atoms with Gasteiger partial charge in [-0.15, -0.1) is 0 Å². The predicted octanol–water partition coefficient (Wildman–Crippen LogP) is 0.0232. The molecule has 0 aliphatic rings. The Balaban J connectivity index is 2.89. The first-order valence-corrected chi connectivity index (χ1v) is 6.33. The van der Waals surface area contributed by atoms with Crippen LogP contribution in [-0.2, 0) is 10.0 Å². The number of anilines is 1. The fourth-order valence-electron chi connectivity index (χ4n) is 1.19. The molecule has 0 aromatic heterocycles. The zero-order valence-electron chi connectivity index (χ0n) is 9.34. The Labute approximate surface area is 95.8 Å². The van der Waals surface area contributed by atoms with Crippen LogP contribution in [0, 0.1) is 0 Å². The van der Waals surface area contributed by atoms with Crippen molar-refractivity contribution >= 4 is 15.7 Å². The van der Waals surface area contributed by atoms with Gasteiger partial charge in [0.2, 0.25) is 10.0 Å². The smallest absolute Gasteiger partial charge is 0.240 e. The summed E-state index contributed by atoms with van der Waals surface area (Å²) in [5, 5.41) is 8.56. The number of benzene rings is 1. The number of hydrogen-bond acceptors (Lipinski definition) is 4. The van der Waals surface area contributed by atoms with Crippen LogP contribution >= 0.6 is 0 Å². The first-order chi connectivity index (χ1) is 7.47. The lowest BCUT2D eigenvalue weighted by atomic mass is 10.3. The predicted molar refractivity (Wildman–Crippen MR) is 63.0 cm³/mol. The highest BCUT2D eigenvalue weighted by molar-refractivity contribution is 7.89. The number of nitrogens with one attached hydrogen (secondary N) is 1. The average molecular weight is 244 g/mol. The molecule has 1 rings (SSSR count). The maximum absolute atomic E-state index is 11.6. The molecule has 0 heterocycles. The topological polar surface area (TPSA) is 69.6 Å². The van der Waals surface area contributed by atoms with E-state index in [2.05, 4.69) is 4.72 Å². The van der Waals surface area contributed by atoms with Crippen LogP contribution in [0.3, 0.4) is 0 Å². The van der Waals surface area contributed by atoms with Crippen molar-refractivity contribution in [1.29, 1.82) is 0 Å². The van der Waals surface area contributed by atoms with E-state index >= 15 is 0 Å². The van der Waals surface area contributed by atoms with Crippen molar-refractivity contribution in [3.63, 3.8) is 0 Å². The van der Waals surface area contributed by atoms with Crippen LogP contribution in [0.4, 0.5) is 5.69 Å². The molecule has 0 spiro atoms. The van der Waals surface area contributed by atoms with Crippen LogP contribution < -0.4 is 9.62 Å². The average Bonchev–Trinajstić information content (AvgIpc) is 2.26. The third-order valence-corrected chi connectivity index (χ3v) is 3.54. The second kappa shape index (κ2) is 5.29. The minimum absolute atomic E-state index is 0.0256. The van der Waals surface area contributed by atoms with Crippen LogP contribution in [-0.4, -0.2) is 40.8 Å². The summed E-state index contributed by atoms with van der Waals surface area (Å²) >= 11 is 0. The van der Waals surface area contributed by atoms with Crippen molar-refractivity contribution < 1.29 is 13.5 Å². The molecule has 0 fully saturated rings. The normalized spacial score (nSPS) is 11.4. The minimum atomic E-state index is -3.49. The molecule has 5 nitrogen and oxygen atoms in total. The van der Waals surface area contributed by atoms with E-state index in [1.54, 1.807) is 12.1 Å². The van der Waals surface area contributed by atoms with E-state index in [-0.39, 0.29) is 18.0 Å². The molecule has 0 aliphatic heterocycles. The summed E-state index contributed by atoms with van der Waals surface area (Å²) in [5.41, 5.74) is 0.932. The van der Waals surface area contributed by atoms with Crippen molar-refractivity contribution in [2.24, 2.45) is 0 Å². The fraction of sp³-hybridized carbons (Fsp3) is 0.400. The molecular weight excluding hydrogens is 228 g/mol. The molecule has 0 bridgehead atoms. The molecule has 0 amide bonds. The van der Waals surface area contributed by atoms with Gasteiger partial charge < -0.3 is 10.0 Å². The van der Waals surface area contributed by atoms with E-state index in [1.165, 1.54) is 12.1 Å². The molecule has 1 aromatic rings. The van der Waals surface area contributed by atoms with Gasteiger partial charge in [0, 0.05) is 26.3 Å². The van der Waals surface area contributed by atoms with Crippen molar-refractivity contribution in [2.75, 3.05) is 32.1 Å². The molecular formula is C10H16N2O3S. The number of rotatable bonds is 5. The van der Waals surface area contributed by atoms with Gasteiger partial charge in [0.1, 0.15) is 0 Å². The molecule has 0 unspecified atom stereocenters. The summed E-state index contributed by atoms with van der Waals surface area (Å²) in [4.78, 5) is 2.09. The largest absolute Gasteiger partial charge is 0.395 e. The van der Waals surface area contributed by atoms with Crippen LogP contribution in [0.5, 0.6) is 0 Å². The maximum atomic E-state index is 11.6. The summed E-state index contributed by atoms with van der Waals surface area (Å²) in [7, 11) is 0.272. The van der Waals surface area contributed by atoms with Gasteiger partial charge in [0.25, 0.3) is 0 Å². The van der Waals surface area contributed by atoms with Gasteiger partial charge in [0.05, 0.1) is 11.5 Å². The molecule has 1 aromatic carbocycles. The summed E-state index contributed by atoms with van der Waals surface area (Å²) in [6.07, 6.45) is 0. The highest BCUT2D eigenvalue weighted by atomic mass is 32.2. The number of aliphatic hydroxyl groups is 1. The first kappa shape index (κ1) is 13.0. The third kappa shape index (κ3) is 3.19. The molecule has 0 radical (unpaired) electrons. The lowest BCUT2D eigenvalue weighted by Gasteiger charge is -2.12. The molecule has 0 atom stereocenters. The number of hydrogen-bond donors (Lipinski definition) is 2. The van der Waals surface area contributed by atoms with Gasteiger partial charge in [-0.3, -0.25) is 0 Å². The van der Waals surface area contributed by atoms with E-state index in [1.807, 2.05) is 19.0 Å². The highest BCUT2D eigenvalue weighted by Gasteiger charge is 2.12. The molecule has 2 N–H and O–H groups in total. The van der Waals surface area contributed by atoms with Crippen LogP contribution in [0.1, 0.15) is 0 Å². The molecule has 6 heteroatoms. The lowest BCUT2D eigenvalue weighted by molar-refractivity contribution is 0.301. The summed E-state index contributed by atoms with van der Waals surface area (Å²) < 4.78 is 25.6. The van der Waals surface area contributed by atoms with E-state index < -0.39 is 10.0 Å². The first-order valence-electron chi connectivity index (χ1n) is 4.85. The maximum Gasteiger partial charge on any atom is 0.240 e. The summed E-state index contributed by atoms with van der Waals surface area (Å²) in [6.45, 7) is -0.188. The Hall–Kier alpha value is -1.11. The second-order valence-electron chi connectivity index (χ2n) is 3.51. The van der Waals surface area contributed by atoms with Gasteiger partial charge in [-0.05, 0) is 24.3 Å². The molecule has 16 heavy (non-hydrogen) atoms. The molecule has 0 aliphatic carbocycles. The Morgan fingerprint density at radius 2 is 1.81 bits per heavy atom. The monoisotopic (exact) mass is 244 g/mol. The van der Waals surface area contributed by atoms with Gasteiger partial charge in [0.15, 0.2) is 0 Å². The van der Waals surface area contributed by atoms with E-state index in [0.29, 0.717) is 0 Å². The number of aliphatic hydroxyl groups excluding tert-OH is 1. The minimum Gasteiger partial charge on any atom is -0.395 e. The molecule has 0 saturated carbocycles. The van der Waals surface area contributed by atoms with Gasteiger partial charge in [-0.2, -0.15) is 0 Å². The Bertz CT molecular complexity index is 426. The second-order valence-corrected chi connectivity index (χ2v) is 5.28. The van der Waals surface area contributed by atoms with Crippen molar-refractivity contribution in [3.8, 4) is 0 Å². The molecule has 0 saturated heterocycles. The van der Waals surface area contributed by atoms with Gasteiger partial charge in [-0.25, -0.2) is 13.1 Å². The fourth-order valence-corrected chi connectivity index (χ4v) is 2.21. The quantitative estimate of drug-likeness (QED) is 0.766. The SMILES string of the molecule is CN(C)c1ccc(S(=O)(=O)NCCO)cc1. The Kier molecular flexibility index (Phi) is 4.28.